The molecule has 1 heterocycles. The first-order valence-corrected chi connectivity index (χ1v) is 7.15. The monoisotopic (exact) mass is 282 g/mol. The molecule has 2 nitrogen and oxygen atoms in total. The molecule has 1 aromatic carbocycles. The number of halogens is 1. The van der Waals surface area contributed by atoms with E-state index < -0.39 is 11.4 Å². The zero-order valence-electron chi connectivity index (χ0n) is 10.4. The van der Waals surface area contributed by atoms with Gasteiger partial charge in [-0.25, -0.2) is 0 Å². The summed E-state index contributed by atoms with van der Waals surface area (Å²) in [5.41, 5.74) is 0.0388. The Morgan fingerprint density at radius 3 is 2.83 bits per heavy atom. The van der Waals surface area contributed by atoms with Crippen molar-refractivity contribution in [2.75, 3.05) is 0 Å². The predicted molar refractivity (Wildman–Crippen MR) is 76.7 cm³/mol. The molecule has 2 rings (SSSR count). The number of hydrogen-bond acceptors (Lipinski definition) is 2. The van der Waals surface area contributed by atoms with E-state index in [0.717, 1.165) is 22.1 Å². The van der Waals surface area contributed by atoms with Gasteiger partial charge in [-0.1, -0.05) is 24.9 Å². The van der Waals surface area contributed by atoms with E-state index in [-0.39, 0.29) is 0 Å². The van der Waals surface area contributed by atoms with E-state index in [2.05, 4.69) is 0 Å². The van der Waals surface area contributed by atoms with E-state index in [4.69, 9.17) is 11.6 Å². The fraction of sp³-hybridized carbons (Fsp3) is 0.357. The number of carboxylic acid groups (broad SMARTS) is 1. The van der Waals surface area contributed by atoms with Gasteiger partial charge in [-0.3, -0.25) is 4.79 Å². The van der Waals surface area contributed by atoms with Crippen LogP contribution in [0.15, 0.2) is 23.6 Å². The van der Waals surface area contributed by atoms with Crippen molar-refractivity contribution in [1.29, 1.82) is 0 Å². The van der Waals surface area contributed by atoms with Crippen LogP contribution in [-0.2, 0) is 10.2 Å². The molecule has 1 unspecified atom stereocenters. The van der Waals surface area contributed by atoms with Crippen LogP contribution < -0.4 is 0 Å². The van der Waals surface area contributed by atoms with E-state index in [9.17, 15) is 9.90 Å². The number of aliphatic carboxylic acids is 1. The first-order chi connectivity index (χ1) is 8.49. The molecule has 0 amide bonds. The van der Waals surface area contributed by atoms with E-state index in [1.807, 2.05) is 30.5 Å². The molecule has 0 saturated heterocycles. The van der Waals surface area contributed by atoms with E-state index in [0.29, 0.717) is 11.4 Å². The summed E-state index contributed by atoms with van der Waals surface area (Å²) >= 11 is 7.58. The number of fused-ring (bicyclic) bond motifs is 1. The van der Waals surface area contributed by atoms with Crippen LogP contribution >= 0.6 is 22.9 Å². The Labute approximate surface area is 115 Å². The Balaban J connectivity index is 2.64. The van der Waals surface area contributed by atoms with Gasteiger partial charge in [0.25, 0.3) is 0 Å². The molecule has 96 valence electrons. The van der Waals surface area contributed by atoms with Gasteiger partial charge < -0.3 is 5.11 Å². The summed E-state index contributed by atoms with van der Waals surface area (Å²) in [7, 11) is 0. The first-order valence-electron chi connectivity index (χ1n) is 5.89. The van der Waals surface area contributed by atoms with Crippen LogP contribution in [0.3, 0.4) is 0 Å². The Kier molecular flexibility index (Phi) is 3.64. The lowest BCUT2D eigenvalue weighted by molar-refractivity contribution is -0.143. The smallest absolute Gasteiger partial charge is 0.313 e. The summed E-state index contributed by atoms with van der Waals surface area (Å²) in [6.07, 6.45) is 1.46. The van der Waals surface area contributed by atoms with Crippen molar-refractivity contribution in [3.05, 3.63) is 34.2 Å². The number of benzene rings is 1. The first kappa shape index (κ1) is 13.4. The summed E-state index contributed by atoms with van der Waals surface area (Å²) in [5.74, 6) is -0.774. The molecule has 0 bridgehead atoms. The van der Waals surface area contributed by atoms with Crippen molar-refractivity contribution in [2.45, 2.75) is 32.1 Å². The quantitative estimate of drug-likeness (QED) is 0.883. The number of rotatable bonds is 4. The Morgan fingerprint density at radius 1 is 1.50 bits per heavy atom. The average Bonchev–Trinajstić information content (AvgIpc) is 2.72. The van der Waals surface area contributed by atoms with Gasteiger partial charge in [-0.05, 0) is 47.9 Å². The minimum atomic E-state index is -0.836. The molecule has 0 spiro atoms. The van der Waals surface area contributed by atoms with Gasteiger partial charge in [0.15, 0.2) is 0 Å². The second-order valence-corrected chi connectivity index (χ2v) is 6.02. The van der Waals surface area contributed by atoms with Gasteiger partial charge in [0.05, 0.1) is 5.41 Å². The molecule has 0 aliphatic carbocycles. The fourth-order valence-corrected chi connectivity index (χ4v) is 3.53. The fourth-order valence-electron chi connectivity index (χ4n) is 2.29. The summed E-state index contributed by atoms with van der Waals surface area (Å²) in [4.78, 5) is 11.6. The molecule has 1 aromatic heterocycles. The molecule has 0 fully saturated rings. The second kappa shape index (κ2) is 4.90. The molecule has 1 atom stereocenters. The SMILES string of the molecule is CCCC(C)(C(=O)O)c1csc2ccc(Cl)cc12. The highest BCUT2D eigenvalue weighted by molar-refractivity contribution is 7.17. The highest BCUT2D eigenvalue weighted by Gasteiger charge is 2.36. The molecule has 0 aliphatic heterocycles. The number of thiophene rings is 1. The summed E-state index contributed by atoms with van der Waals surface area (Å²) < 4.78 is 1.08. The lowest BCUT2D eigenvalue weighted by atomic mass is 9.78. The maximum Gasteiger partial charge on any atom is 0.313 e. The van der Waals surface area contributed by atoms with Crippen LogP contribution in [0.25, 0.3) is 10.1 Å². The normalized spacial score (nSPS) is 14.6. The van der Waals surface area contributed by atoms with Gasteiger partial charge in [0, 0.05) is 9.72 Å². The van der Waals surface area contributed by atoms with Crippen LogP contribution in [0.5, 0.6) is 0 Å². The third-order valence-corrected chi connectivity index (χ3v) is 4.55. The van der Waals surface area contributed by atoms with Crippen molar-refractivity contribution < 1.29 is 9.90 Å². The predicted octanol–water partition coefficient (Wildman–Crippen LogP) is 4.70. The third kappa shape index (κ3) is 2.13. The second-order valence-electron chi connectivity index (χ2n) is 4.68. The molecule has 4 heteroatoms. The van der Waals surface area contributed by atoms with Gasteiger partial charge in [0.2, 0.25) is 0 Å². The van der Waals surface area contributed by atoms with Crippen LogP contribution in [0.1, 0.15) is 32.3 Å². The molecule has 18 heavy (non-hydrogen) atoms. The summed E-state index contributed by atoms with van der Waals surface area (Å²) in [6.45, 7) is 3.80. The minimum absolute atomic E-state index is 0.626. The molecule has 0 aliphatic rings. The van der Waals surface area contributed by atoms with Gasteiger partial charge in [0.1, 0.15) is 0 Å². The molecule has 0 radical (unpaired) electrons. The highest BCUT2D eigenvalue weighted by atomic mass is 35.5. The highest BCUT2D eigenvalue weighted by Crippen LogP contribution is 2.39. The summed E-state index contributed by atoms with van der Waals surface area (Å²) in [6, 6.07) is 5.64. The average molecular weight is 283 g/mol. The molecule has 2 aromatic rings. The van der Waals surface area contributed by atoms with Crippen LogP contribution in [-0.4, -0.2) is 11.1 Å². The van der Waals surface area contributed by atoms with Crippen molar-refractivity contribution >= 4 is 39.0 Å². The Morgan fingerprint density at radius 2 is 2.22 bits per heavy atom. The number of carbonyl (C=O) groups is 1. The minimum Gasteiger partial charge on any atom is -0.481 e. The van der Waals surface area contributed by atoms with Crippen molar-refractivity contribution in [3.63, 3.8) is 0 Å². The standard InChI is InChI=1S/C14H15ClO2S/c1-3-6-14(2,13(16)17)11-8-18-12-5-4-9(15)7-10(11)12/h4-5,7-8H,3,6H2,1-2H3,(H,16,17). The van der Waals surface area contributed by atoms with Gasteiger partial charge in [-0.2, -0.15) is 0 Å². The van der Waals surface area contributed by atoms with Crippen molar-refractivity contribution in [3.8, 4) is 0 Å². The van der Waals surface area contributed by atoms with Crippen LogP contribution in [0.2, 0.25) is 5.02 Å². The topological polar surface area (TPSA) is 37.3 Å². The molecular formula is C14H15ClO2S. The number of hydrogen-bond donors (Lipinski definition) is 1. The van der Waals surface area contributed by atoms with Crippen molar-refractivity contribution in [2.24, 2.45) is 0 Å². The summed E-state index contributed by atoms with van der Waals surface area (Å²) in [5, 5.41) is 13.1. The maximum atomic E-state index is 11.6. The van der Waals surface area contributed by atoms with E-state index in [1.165, 1.54) is 0 Å². The number of carboxylic acids is 1. The zero-order chi connectivity index (χ0) is 13.3. The Hall–Kier alpha value is -1.06. The van der Waals surface area contributed by atoms with Gasteiger partial charge >= 0.3 is 5.97 Å². The Bertz CT molecular complexity index is 590. The third-order valence-electron chi connectivity index (χ3n) is 3.35. The maximum absolute atomic E-state index is 11.6. The lowest BCUT2D eigenvalue weighted by Crippen LogP contribution is -2.31. The molecular weight excluding hydrogens is 268 g/mol. The van der Waals surface area contributed by atoms with Crippen molar-refractivity contribution in [1.82, 2.24) is 0 Å². The lowest BCUT2D eigenvalue weighted by Gasteiger charge is -2.24. The van der Waals surface area contributed by atoms with Crippen LogP contribution in [0.4, 0.5) is 0 Å². The van der Waals surface area contributed by atoms with Gasteiger partial charge in [-0.15, -0.1) is 11.3 Å². The van der Waals surface area contributed by atoms with Crippen LogP contribution in [0, 0.1) is 0 Å². The largest absolute Gasteiger partial charge is 0.481 e. The van der Waals surface area contributed by atoms with E-state index >= 15 is 0 Å². The molecule has 0 saturated carbocycles. The van der Waals surface area contributed by atoms with E-state index in [1.54, 1.807) is 18.3 Å². The zero-order valence-corrected chi connectivity index (χ0v) is 11.9. The molecule has 1 N–H and O–H groups in total.